The lowest BCUT2D eigenvalue weighted by Gasteiger charge is -2.19. The van der Waals surface area contributed by atoms with E-state index in [1.165, 1.54) is 29.0 Å². The minimum absolute atomic E-state index is 0.00630. The van der Waals surface area contributed by atoms with Crippen LogP contribution >= 0.6 is 0 Å². The van der Waals surface area contributed by atoms with E-state index < -0.39 is 43.3 Å². The quantitative estimate of drug-likeness (QED) is 0.829. The molecule has 4 rings (SSSR count). The molecule has 1 saturated carbocycles. The first kappa shape index (κ1) is 19.0. The highest BCUT2D eigenvalue weighted by molar-refractivity contribution is 6.05. The molecule has 0 bridgehead atoms. The molecule has 1 atom stereocenters. The van der Waals surface area contributed by atoms with Crippen molar-refractivity contribution in [2.24, 2.45) is 0 Å². The van der Waals surface area contributed by atoms with Crippen molar-refractivity contribution < 1.29 is 18.4 Å². The van der Waals surface area contributed by atoms with Crippen LogP contribution in [0.4, 0.5) is 8.78 Å². The Morgan fingerprint density at radius 2 is 2.07 bits per heavy atom. The molecule has 0 radical (unpaired) electrons. The number of carbonyl (C=O) groups excluding carboxylic acids is 2. The monoisotopic (exact) mass is 401 g/mol. The lowest BCUT2D eigenvalue weighted by molar-refractivity contribution is -0.131. The van der Waals surface area contributed by atoms with Gasteiger partial charge in [-0.25, -0.2) is 8.78 Å². The first-order valence-corrected chi connectivity index (χ1v) is 9.16. The number of nitrogens with one attached hydrogen (secondary N) is 1. The Bertz CT molecular complexity index is 1100. The van der Waals surface area contributed by atoms with Gasteiger partial charge in [0, 0.05) is 24.7 Å². The van der Waals surface area contributed by atoms with Crippen LogP contribution in [0.3, 0.4) is 0 Å². The highest BCUT2D eigenvalue weighted by Gasteiger charge is 2.47. The van der Waals surface area contributed by atoms with Gasteiger partial charge in [-0.05, 0) is 25.0 Å². The van der Waals surface area contributed by atoms with Crippen molar-refractivity contribution in [2.75, 3.05) is 13.1 Å². The van der Waals surface area contributed by atoms with Crippen molar-refractivity contribution in [1.29, 1.82) is 5.26 Å². The van der Waals surface area contributed by atoms with Gasteiger partial charge in [0.25, 0.3) is 17.4 Å². The summed E-state index contributed by atoms with van der Waals surface area (Å²) in [6, 6.07) is 4.85. The molecule has 2 aromatic heterocycles. The molecular weight excluding hydrogens is 384 g/mol. The first-order valence-electron chi connectivity index (χ1n) is 9.16. The normalized spacial score (nSPS) is 20.4. The van der Waals surface area contributed by atoms with Crippen LogP contribution in [0.25, 0.3) is 11.0 Å². The summed E-state index contributed by atoms with van der Waals surface area (Å²) in [6.07, 6.45) is 2.36. The van der Waals surface area contributed by atoms with Crippen LogP contribution in [0.1, 0.15) is 35.7 Å². The molecule has 0 aromatic carbocycles. The zero-order valence-electron chi connectivity index (χ0n) is 15.3. The van der Waals surface area contributed by atoms with Crippen LogP contribution in [0.15, 0.2) is 29.2 Å². The summed E-state index contributed by atoms with van der Waals surface area (Å²) in [5, 5.41) is 11.4. The summed E-state index contributed by atoms with van der Waals surface area (Å²) in [7, 11) is 0. The van der Waals surface area contributed by atoms with Crippen LogP contribution in [0, 0.1) is 11.3 Å². The number of pyridine rings is 2. The number of nitriles is 1. The Balaban J connectivity index is 1.56. The summed E-state index contributed by atoms with van der Waals surface area (Å²) < 4.78 is 28.6. The second-order valence-corrected chi connectivity index (χ2v) is 7.27. The third-order valence-electron chi connectivity index (χ3n) is 5.11. The predicted octanol–water partition coefficient (Wildman–Crippen LogP) is 1.22. The minimum Gasteiger partial charge on any atom is -0.343 e. The summed E-state index contributed by atoms with van der Waals surface area (Å²) in [6.45, 7) is -1.38. The number of fused-ring (bicyclic) bond motifs is 1. The summed E-state index contributed by atoms with van der Waals surface area (Å²) in [5.41, 5.74) is 0.791. The maximum Gasteiger partial charge on any atom is 0.268 e. The topological polar surface area (TPSA) is 108 Å². The number of rotatable bonds is 4. The second-order valence-electron chi connectivity index (χ2n) is 7.27. The van der Waals surface area contributed by atoms with Crippen LogP contribution in [0.5, 0.6) is 0 Å². The molecule has 0 unspecified atom stereocenters. The number of nitrogens with zero attached hydrogens (tertiary/aromatic N) is 4. The molecule has 2 fully saturated rings. The smallest absolute Gasteiger partial charge is 0.268 e. The molecule has 1 aliphatic heterocycles. The third kappa shape index (κ3) is 3.55. The van der Waals surface area contributed by atoms with Crippen molar-refractivity contribution in [1.82, 2.24) is 19.8 Å². The SMILES string of the molecule is N#C[C@@H]1CC(F)(F)CN1C(=O)CNC(=O)c1ccnc2ccc(=O)n(C3CC3)c12. The molecule has 10 heteroatoms. The van der Waals surface area contributed by atoms with Gasteiger partial charge >= 0.3 is 0 Å². The van der Waals surface area contributed by atoms with E-state index in [0.29, 0.717) is 11.0 Å². The van der Waals surface area contributed by atoms with E-state index in [9.17, 15) is 23.2 Å². The Morgan fingerprint density at radius 1 is 1.31 bits per heavy atom. The van der Waals surface area contributed by atoms with Crippen molar-refractivity contribution in [2.45, 2.75) is 37.3 Å². The van der Waals surface area contributed by atoms with Gasteiger partial charge < -0.3 is 14.8 Å². The predicted molar refractivity (Wildman–Crippen MR) is 97.3 cm³/mol. The van der Waals surface area contributed by atoms with Crippen LogP contribution in [-0.2, 0) is 4.79 Å². The van der Waals surface area contributed by atoms with E-state index in [1.54, 1.807) is 6.07 Å². The van der Waals surface area contributed by atoms with E-state index >= 15 is 0 Å². The van der Waals surface area contributed by atoms with Crippen LogP contribution in [0.2, 0.25) is 0 Å². The van der Waals surface area contributed by atoms with Gasteiger partial charge in [0.15, 0.2) is 0 Å². The number of amides is 2. The van der Waals surface area contributed by atoms with Gasteiger partial charge in [0.05, 0.1) is 35.8 Å². The molecule has 0 spiro atoms. The summed E-state index contributed by atoms with van der Waals surface area (Å²) in [4.78, 5) is 42.3. The molecule has 29 heavy (non-hydrogen) atoms. The molecule has 1 aliphatic carbocycles. The van der Waals surface area contributed by atoms with E-state index in [-0.39, 0.29) is 17.2 Å². The van der Waals surface area contributed by atoms with Crippen LogP contribution in [-0.4, -0.2) is 51.3 Å². The molecule has 2 amide bonds. The average Bonchev–Trinajstić information content (AvgIpc) is 3.47. The van der Waals surface area contributed by atoms with Crippen molar-refractivity contribution in [3.63, 3.8) is 0 Å². The number of carbonyl (C=O) groups is 2. The lowest BCUT2D eigenvalue weighted by Crippen LogP contribution is -2.43. The average molecular weight is 401 g/mol. The Labute approximate surface area is 163 Å². The van der Waals surface area contributed by atoms with E-state index in [0.717, 1.165) is 17.7 Å². The van der Waals surface area contributed by atoms with Crippen molar-refractivity contribution in [3.8, 4) is 6.07 Å². The molecule has 1 N–H and O–H groups in total. The number of hydrogen-bond donors (Lipinski definition) is 1. The molecule has 2 aromatic rings. The third-order valence-corrected chi connectivity index (χ3v) is 5.11. The largest absolute Gasteiger partial charge is 0.343 e. The van der Waals surface area contributed by atoms with Crippen molar-refractivity contribution in [3.05, 3.63) is 40.3 Å². The summed E-state index contributed by atoms with van der Waals surface area (Å²) >= 11 is 0. The fraction of sp³-hybridized carbons (Fsp3) is 0.421. The Kier molecular flexibility index (Phi) is 4.53. The van der Waals surface area contributed by atoms with E-state index in [2.05, 4.69) is 10.3 Å². The maximum atomic E-state index is 13.5. The Morgan fingerprint density at radius 3 is 2.76 bits per heavy atom. The summed E-state index contributed by atoms with van der Waals surface area (Å²) in [5.74, 6) is -4.51. The standard InChI is InChI=1S/C19H17F2N5O3/c20-19(21)7-12(8-22)25(10-19)16(28)9-24-18(29)13-5-6-23-14-3-4-15(27)26(17(13)14)11-1-2-11/h3-6,11-12H,1-2,7,9-10H2,(H,24,29)/t12-/m0/s1. The number of likely N-dealkylation sites (tertiary alicyclic amines) is 1. The number of alkyl halides is 2. The van der Waals surface area contributed by atoms with Crippen LogP contribution < -0.4 is 10.9 Å². The highest BCUT2D eigenvalue weighted by Crippen LogP contribution is 2.36. The highest BCUT2D eigenvalue weighted by atomic mass is 19.3. The van der Waals surface area contributed by atoms with Gasteiger partial charge in [-0.2, -0.15) is 5.26 Å². The zero-order valence-corrected chi connectivity index (χ0v) is 15.3. The van der Waals surface area contributed by atoms with Gasteiger partial charge in [0.1, 0.15) is 6.04 Å². The molecule has 150 valence electrons. The molecule has 8 nitrogen and oxygen atoms in total. The molecule has 2 aliphatic rings. The number of halogens is 2. The Hall–Kier alpha value is -3.35. The van der Waals surface area contributed by atoms with Gasteiger partial charge in [-0.1, -0.05) is 0 Å². The number of aromatic nitrogens is 2. The minimum atomic E-state index is -3.12. The molecule has 3 heterocycles. The number of hydrogen-bond acceptors (Lipinski definition) is 5. The fourth-order valence-corrected chi connectivity index (χ4v) is 3.61. The van der Waals surface area contributed by atoms with Gasteiger partial charge in [-0.15, -0.1) is 0 Å². The molecule has 1 saturated heterocycles. The van der Waals surface area contributed by atoms with E-state index in [4.69, 9.17) is 5.26 Å². The van der Waals surface area contributed by atoms with Gasteiger partial charge in [-0.3, -0.25) is 19.4 Å². The van der Waals surface area contributed by atoms with Crippen molar-refractivity contribution >= 4 is 22.8 Å². The molecular formula is C19H17F2N5O3. The fourth-order valence-electron chi connectivity index (χ4n) is 3.61. The maximum absolute atomic E-state index is 13.5. The lowest BCUT2D eigenvalue weighted by atomic mass is 10.1. The van der Waals surface area contributed by atoms with Gasteiger partial charge in [0.2, 0.25) is 5.91 Å². The zero-order chi connectivity index (χ0) is 20.8. The first-order chi connectivity index (χ1) is 13.8. The second kappa shape index (κ2) is 6.92. The van der Waals surface area contributed by atoms with E-state index in [1.807, 2.05) is 0 Å².